The number of rotatable bonds is 11. The molecule has 1 amide bonds. The summed E-state index contributed by atoms with van der Waals surface area (Å²) in [5.41, 5.74) is 4.15. The van der Waals surface area contributed by atoms with E-state index in [0.29, 0.717) is 6.54 Å². The minimum absolute atomic E-state index is 0.00356. The Hall–Kier alpha value is -2.34. The fourth-order valence-corrected chi connectivity index (χ4v) is 4.65. The number of aryl methyl sites for hydroxylation is 2. The highest BCUT2D eigenvalue weighted by atomic mass is 32.2. The lowest BCUT2D eigenvalue weighted by molar-refractivity contribution is -0.120. The van der Waals surface area contributed by atoms with Gasteiger partial charge in [-0.05, 0) is 56.0 Å². The summed E-state index contributed by atoms with van der Waals surface area (Å²) in [4.78, 5) is 14.3. The van der Waals surface area contributed by atoms with Crippen LogP contribution in [0, 0.1) is 13.8 Å². The Morgan fingerprint density at radius 1 is 1.07 bits per heavy atom. The number of carbonyl (C=O) groups is 1. The lowest BCUT2D eigenvalue weighted by Gasteiger charge is -2.23. The number of sulfone groups is 1. The van der Waals surface area contributed by atoms with E-state index in [9.17, 15) is 13.2 Å². The van der Waals surface area contributed by atoms with E-state index in [1.807, 2.05) is 37.3 Å². The number of carbonyl (C=O) groups excluding carboxylic acids is 1. The molecule has 0 saturated heterocycles. The number of hydrogen-bond acceptors (Lipinski definition) is 4. The van der Waals surface area contributed by atoms with E-state index in [4.69, 9.17) is 0 Å². The minimum Gasteiger partial charge on any atom is -0.372 e. The fraction of sp³-hybridized carbons (Fsp3) is 0.435. The van der Waals surface area contributed by atoms with Crippen LogP contribution in [-0.2, 0) is 20.4 Å². The van der Waals surface area contributed by atoms with Crippen molar-refractivity contribution >= 4 is 21.4 Å². The van der Waals surface area contributed by atoms with E-state index in [-0.39, 0.29) is 23.8 Å². The molecule has 0 fully saturated rings. The van der Waals surface area contributed by atoms with Crippen LogP contribution in [0.2, 0.25) is 0 Å². The van der Waals surface area contributed by atoms with Crippen molar-refractivity contribution in [3.8, 4) is 0 Å². The molecule has 0 aliphatic heterocycles. The Morgan fingerprint density at radius 3 is 2.52 bits per heavy atom. The lowest BCUT2D eigenvalue weighted by atomic mass is 10.1. The van der Waals surface area contributed by atoms with Gasteiger partial charge in [0.2, 0.25) is 5.91 Å². The molecule has 158 valence electrons. The Bertz CT molecular complexity index is 910. The summed E-state index contributed by atoms with van der Waals surface area (Å²) in [5, 5.41) is 2.84. The third kappa shape index (κ3) is 7.89. The highest BCUT2D eigenvalue weighted by molar-refractivity contribution is 7.90. The number of nitrogens with zero attached hydrogens (tertiary/aromatic N) is 1. The number of anilines is 1. The lowest BCUT2D eigenvalue weighted by Crippen LogP contribution is -2.30. The van der Waals surface area contributed by atoms with Crippen LogP contribution in [-0.4, -0.2) is 39.7 Å². The van der Waals surface area contributed by atoms with Crippen molar-refractivity contribution in [2.75, 3.05) is 30.3 Å². The smallest absolute Gasteiger partial charge is 0.221 e. The van der Waals surface area contributed by atoms with Gasteiger partial charge in [0.05, 0.1) is 11.5 Å². The normalized spacial score (nSPS) is 11.3. The van der Waals surface area contributed by atoms with E-state index < -0.39 is 9.84 Å². The Labute approximate surface area is 175 Å². The van der Waals surface area contributed by atoms with Gasteiger partial charge in [0.25, 0.3) is 0 Å². The predicted octanol–water partition coefficient (Wildman–Crippen LogP) is 3.64. The minimum atomic E-state index is -3.31. The second kappa shape index (κ2) is 11.0. The SMILES string of the molecule is CCN(CCCNC(=O)CCS(=O)(=O)Cc1ccccc1C)c1cccc(C)c1. The zero-order valence-corrected chi connectivity index (χ0v) is 18.5. The number of benzene rings is 2. The van der Waals surface area contributed by atoms with Crippen molar-refractivity contribution < 1.29 is 13.2 Å². The van der Waals surface area contributed by atoms with Crippen LogP contribution in [0.5, 0.6) is 0 Å². The van der Waals surface area contributed by atoms with Crippen LogP contribution in [0.4, 0.5) is 5.69 Å². The van der Waals surface area contributed by atoms with Crippen LogP contribution < -0.4 is 10.2 Å². The maximum Gasteiger partial charge on any atom is 0.221 e. The van der Waals surface area contributed by atoms with Gasteiger partial charge >= 0.3 is 0 Å². The van der Waals surface area contributed by atoms with Gasteiger partial charge in [-0.3, -0.25) is 4.79 Å². The zero-order chi connectivity index (χ0) is 21.3. The van der Waals surface area contributed by atoms with E-state index >= 15 is 0 Å². The molecule has 0 atom stereocenters. The van der Waals surface area contributed by atoms with E-state index in [0.717, 1.165) is 30.6 Å². The molecule has 0 heterocycles. The number of nitrogens with one attached hydrogen (secondary N) is 1. The third-order valence-corrected chi connectivity index (χ3v) is 6.53. The van der Waals surface area contributed by atoms with Crippen LogP contribution in [0.15, 0.2) is 48.5 Å². The van der Waals surface area contributed by atoms with Gasteiger partial charge in [0.1, 0.15) is 0 Å². The van der Waals surface area contributed by atoms with E-state index in [1.54, 1.807) is 0 Å². The van der Waals surface area contributed by atoms with Crippen molar-refractivity contribution in [3.05, 3.63) is 65.2 Å². The predicted molar refractivity (Wildman–Crippen MR) is 120 cm³/mol. The third-order valence-electron chi connectivity index (χ3n) is 4.95. The Balaban J connectivity index is 1.72. The maximum absolute atomic E-state index is 12.3. The Kier molecular flexibility index (Phi) is 8.70. The van der Waals surface area contributed by atoms with Gasteiger partial charge in [0, 0.05) is 31.7 Å². The highest BCUT2D eigenvalue weighted by Crippen LogP contribution is 2.16. The molecule has 6 heteroatoms. The molecule has 29 heavy (non-hydrogen) atoms. The summed E-state index contributed by atoms with van der Waals surface area (Å²) in [6.45, 7) is 8.36. The van der Waals surface area contributed by atoms with Gasteiger partial charge in [-0.1, -0.05) is 36.4 Å². The van der Waals surface area contributed by atoms with Gasteiger partial charge in [-0.2, -0.15) is 0 Å². The van der Waals surface area contributed by atoms with Crippen molar-refractivity contribution in [1.82, 2.24) is 5.32 Å². The molecule has 0 bridgehead atoms. The van der Waals surface area contributed by atoms with Crippen molar-refractivity contribution in [1.29, 1.82) is 0 Å². The van der Waals surface area contributed by atoms with Gasteiger partial charge in [-0.25, -0.2) is 8.42 Å². The first kappa shape index (κ1) is 22.9. The molecule has 2 aromatic rings. The van der Waals surface area contributed by atoms with Crippen molar-refractivity contribution in [2.45, 2.75) is 39.4 Å². The molecule has 1 N–H and O–H groups in total. The molecule has 0 aliphatic rings. The summed E-state index contributed by atoms with van der Waals surface area (Å²) in [6, 6.07) is 15.8. The average Bonchev–Trinajstić information content (AvgIpc) is 2.68. The Morgan fingerprint density at radius 2 is 1.83 bits per heavy atom. The van der Waals surface area contributed by atoms with E-state index in [2.05, 4.69) is 42.3 Å². The van der Waals surface area contributed by atoms with Crippen molar-refractivity contribution in [3.63, 3.8) is 0 Å². The monoisotopic (exact) mass is 416 g/mol. The maximum atomic E-state index is 12.3. The fourth-order valence-electron chi connectivity index (χ4n) is 3.21. The van der Waals surface area contributed by atoms with Gasteiger partial charge in [0.15, 0.2) is 9.84 Å². The molecule has 0 radical (unpaired) electrons. The molecule has 5 nitrogen and oxygen atoms in total. The number of hydrogen-bond donors (Lipinski definition) is 1. The van der Waals surface area contributed by atoms with Crippen LogP contribution >= 0.6 is 0 Å². The average molecular weight is 417 g/mol. The van der Waals surface area contributed by atoms with Crippen molar-refractivity contribution in [2.24, 2.45) is 0 Å². The summed E-state index contributed by atoms with van der Waals surface area (Å²) < 4.78 is 24.6. The first-order valence-electron chi connectivity index (χ1n) is 10.1. The number of amides is 1. The first-order chi connectivity index (χ1) is 13.8. The molecule has 2 rings (SSSR count). The van der Waals surface area contributed by atoms with Crippen LogP contribution in [0.3, 0.4) is 0 Å². The molecule has 0 aromatic heterocycles. The molecule has 0 spiro atoms. The first-order valence-corrected chi connectivity index (χ1v) is 12.0. The highest BCUT2D eigenvalue weighted by Gasteiger charge is 2.15. The topological polar surface area (TPSA) is 66.5 Å². The molecular formula is C23H32N2O3S. The molecule has 0 aliphatic carbocycles. The second-order valence-corrected chi connectivity index (χ2v) is 9.57. The summed E-state index contributed by atoms with van der Waals surface area (Å²) in [7, 11) is -3.31. The molecular weight excluding hydrogens is 384 g/mol. The molecule has 0 unspecified atom stereocenters. The van der Waals surface area contributed by atoms with Crippen LogP contribution in [0.25, 0.3) is 0 Å². The van der Waals surface area contributed by atoms with E-state index in [1.165, 1.54) is 11.3 Å². The van der Waals surface area contributed by atoms with Gasteiger partial charge in [-0.15, -0.1) is 0 Å². The van der Waals surface area contributed by atoms with Crippen LogP contribution in [0.1, 0.15) is 36.5 Å². The summed E-state index contributed by atoms with van der Waals surface area (Å²) >= 11 is 0. The summed E-state index contributed by atoms with van der Waals surface area (Å²) in [5.74, 6) is -0.358. The quantitative estimate of drug-likeness (QED) is 0.568. The summed E-state index contributed by atoms with van der Waals surface area (Å²) in [6.07, 6.45) is 0.813. The second-order valence-electron chi connectivity index (χ2n) is 7.39. The van der Waals surface area contributed by atoms with Gasteiger partial charge < -0.3 is 10.2 Å². The largest absolute Gasteiger partial charge is 0.372 e. The standard InChI is InChI=1S/C23H32N2O3S/c1-4-25(22-12-7-9-19(2)17-22)15-8-14-24-23(26)13-16-29(27,28)18-21-11-6-5-10-20(21)3/h5-7,9-12,17H,4,8,13-16,18H2,1-3H3,(H,24,26). The molecule has 0 saturated carbocycles. The molecule has 2 aromatic carbocycles. The zero-order valence-electron chi connectivity index (χ0n) is 17.6.